The molecule has 9 atom stereocenters. The summed E-state index contributed by atoms with van der Waals surface area (Å²) in [5.41, 5.74) is -4.07. The molecule has 0 heterocycles. The Bertz CT molecular complexity index is 943. The zero-order valence-electron chi connectivity index (χ0n) is 18.7. The normalized spacial score (nSPS) is 47.6. The number of rotatable bonds is 3. The molecule has 3 saturated carbocycles. The van der Waals surface area contributed by atoms with Crippen LogP contribution < -0.4 is 0 Å². The number of Topliss-reactive ketones (excluding diaryl/α,β-unsaturated/α-hetero) is 1. The first kappa shape index (κ1) is 23.2. The summed E-state index contributed by atoms with van der Waals surface area (Å²) in [6, 6.07) is 0. The summed E-state index contributed by atoms with van der Waals surface area (Å²) in [5.74, 6) is -5.05. The molecule has 32 heavy (non-hydrogen) atoms. The highest BCUT2D eigenvalue weighted by Crippen LogP contribution is 2.69. The number of alkyl halides is 1. The molecular formula is C24H30F2O6. The van der Waals surface area contributed by atoms with Crippen LogP contribution in [0.4, 0.5) is 8.78 Å². The summed E-state index contributed by atoms with van der Waals surface area (Å²) in [7, 11) is 0. The van der Waals surface area contributed by atoms with Crippen LogP contribution in [0.2, 0.25) is 0 Å². The van der Waals surface area contributed by atoms with E-state index in [9.17, 15) is 29.0 Å². The predicted molar refractivity (Wildman–Crippen MR) is 109 cm³/mol. The van der Waals surface area contributed by atoms with E-state index < -0.39 is 76.4 Å². The maximum Gasteiger partial charge on any atom is 0.303 e. The second-order valence-corrected chi connectivity index (χ2v) is 10.4. The summed E-state index contributed by atoms with van der Waals surface area (Å²) in [5, 5.41) is 21.1. The van der Waals surface area contributed by atoms with E-state index >= 15 is 4.39 Å². The molecule has 176 valence electrons. The van der Waals surface area contributed by atoms with Crippen LogP contribution in [0.5, 0.6) is 0 Å². The van der Waals surface area contributed by atoms with Crippen LogP contribution in [0, 0.1) is 34.5 Å². The number of fused-ring (bicyclic) bond motifs is 5. The summed E-state index contributed by atoms with van der Waals surface area (Å²) in [6.45, 7) is 5.55. The molecule has 0 radical (unpaired) electrons. The zero-order chi connectivity index (χ0) is 23.8. The van der Waals surface area contributed by atoms with Crippen molar-refractivity contribution in [1.29, 1.82) is 0 Å². The molecule has 0 aromatic rings. The van der Waals surface area contributed by atoms with Gasteiger partial charge in [0.25, 0.3) is 0 Å². The monoisotopic (exact) mass is 452 g/mol. The lowest BCUT2D eigenvalue weighted by molar-refractivity contribution is -0.205. The molecule has 0 saturated heterocycles. The molecule has 2 N–H and O–H groups in total. The zero-order valence-corrected chi connectivity index (χ0v) is 18.7. The van der Waals surface area contributed by atoms with Crippen LogP contribution in [0.15, 0.2) is 23.6 Å². The second-order valence-electron chi connectivity index (χ2n) is 10.4. The van der Waals surface area contributed by atoms with E-state index in [0.717, 1.165) is 6.08 Å². The van der Waals surface area contributed by atoms with Gasteiger partial charge in [-0.2, -0.15) is 0 Å². The van der Waals surface area contributed by atoms with Gasteiger partial charge in [-0.1, -0.05) is 26.8 Å². The van der Waals surface area contributed by atoms with Gasteiger partial charge in [-0.05, 0) is 37.2 Å². The second kappa shape index (κ2) is 7.29. The fourth-order valence-electron chi connectivity index (χ4n) is 7.96. The quantitative estimate of drug-likeness (QED) is 0.639. The molecule has 4 aliphatic carbocycles. The van der Waals surface area contributed by atoms with E-state index in [0.29, 0.717) is 6.42 Å². The van der Waals surface area contributed by atoms with E-state index in [1.165, 1.54) is 13.0 Å². The number of allylic oxidation sites excluding steroid dienone is 4. The average molecular weight is 452 g/mol. The molecule has 0 aliphatic heterocycles. The van der Waals surface area contributed by atoms with Crippen LogP contribution in [0.3, 0.4) is 0 Å². The van der Waals surface area contributed by atoms with Gasteiger partial charge in [0.1, 0.15) is 12.8 Å². The average Bonchev–Trinajstić information content (AvgIpc) is 2.91. The topological polar surface area (TPSA) is 101 Å². The summed E-state index contributed by atoms with van der Waals surface area (Å²) >= 11 is 0. The predicted octanol–water partition coefficient (Wildman–Crippen LogP) is 2.62. The Hall–Kier alpha value is -1.93. The molecule has 4 rings (SSSR count). The Labute approximate surface area is 185 Å². The van der Waals surface area contributed by atoms with Crippen molar-refractivity contribution in [2.75, 3.05) is 6.61 Å². The SMILES string of the molecule is CC(=O)O[C@]1(C(=O)CO)[C@H](C)C[C@H]2[C@@H]3C[C@H](F)C4=C(F)C(=O)C=C[C@]4(C)[C@H]3[C@@H](O)C[C@@]21C. The number of ether oxygens (including phenoxy) is 1. The molecule has 0 aromatic heterocycles. The smallest absolute Gasteiger partial charge is 0.303 e. The molecule has 3 fully saturated rings. The lowest BCUT2D eigenvalue weighted by atomic mass is 9.45. The van der Waals surface area contributed by atoms with E-state index in [2.05, 4.69) is 0 Å². The van der Waals surface area contributed by atoms with E-state index in [-0.39, 0.29) is 24.3 Å². The van der Waals surface area contributed by atoms with E-state index in [4.69, 9.17) is 4.74 Å². The van der Waals surface area contributed by atoms with E-state index in [1.54, 1.807) is 20.8 Å². The highest BCUT2D eigenvalue weighted by atomic mass is 19.1. The number of carbonyl (C=O) groups is 3. The molecule has 0 amide bonds. The number of aliphatic hydroxyl groups is 2. The maximum atomic E-state index is 15.4. The molecule has 0 spiro atoms. The van der Waals surface area contributed by atoms with Gasteiger partial charge in [0.2, 0.25) is 11.6 Å². The fourth-order valence-corrected chi connectivity index (χ4v) is 7.96. The van der Waals surface area contributed by atoms with Crippen molar-refractivity contribution < 1.29 is 38.1 Å². The molecule has 6 nitrogen and oxygen atoms in total. The number of carbonyl (C=O) groups excluding carboxylic acids is 3. The summed E-state index contributed by atoms with van der Waals surface area (Å²) in [6.07, 6.45) is 0.215. The third-order valence-electron chi connectivity index (χ3n) is 8.96. The number of aliphatic hydroxyl groups excluding tert-OH is 2. The van der Waals surface area contributed by atoms with Crippen molar-refractivity contribution in [3.8, 4) is 0 Å². The number of hydrogen-bond donors (Lipinski definition) is 2. The number of hydrogen-bond acceptors (Lipinski definition) is 6. The molecule has 4 aliphatic rings. The Morgan fingerprint density at radius 2 is 1.94 bits per heavy atom. The van der Waals surface area contributed by atoms with Crippen molar-refractivity contribution in [3.63, 3.8) is 0 Å². The molecular weight excluding hydrogens is 422 g/mol. The van der Waals surface area contributed by atoms with Crippen LogP contribution in [0.1, 0.15) is 47.0 Å². The largest absolute Gasteiger partial charge is 0.450 e. The first-order valence-electron chi connectivity index (χ1n) is 11.1. The Morgan fingerprint density at radius 3 is 2.53 bits per heavy atom. The first-order valence-corrected chi connectivity index (χ1v) is 11.1. The van der Waals surface area contributed by atoms with Crippen LogP contribution in [-0.2, 0) is 19.1 Å². The lowest BCUT2D eigenvalue weighted by Crippen LogP contribution is -2.64. The number of ketones is 2. The third kappa shape index (κ3) is 2.71. The molecule has 8 heteroatoms. The minimum absolute atomic E-state index is 0.0609. The van der Waals surface area contributed by atoms with Gasteiger partial charge in [0.15, 0.2) is 11.4 Å². The minimum Gasteiger partial charge on any atom is -0.450 e. The van der Waals surface area contributed by atoms with Gasteiger partial charge in [0.05, 0.1) is 6.10 Å². The third-order valence-corrected chi connectivity index (χ3v) is 8.96. The maximum absolute atomic E-state index is 15.4. The first-order chi connectivity index (χ1) is 14.8. The van der Waals surface area contributed by atoms with Gasteiger partial charge >= 0.3 is 5.97 Å². The Morgan fingerprint density at radius 1 is 1.28 bits per heavy atom. The molecule has 0 aromatic carbocycles. The lowest BCUT2D eigenvalue weighted by Gasteiger charge is -2.60. The summed E-state index contributed by atoms with van der Waals surface area (Å²) < 4.78 is 35.9. The van der Waals surface area contributed by atoms with E-state index in [1.807, 2.05) is 0 Å². The van der Waals surface area contributed by atoms with Crippen molar-refractivity contribution in [2.24, 2.45) is 34.5 Å². The van der Waals surface area contributed by atoms with Crippen LogP contribution in [-0.4, -0.2) is 52.2 Å². The fraction of sp³-hybridized carbons (Fsp3) is 0.708. The summed E-state index contributed by atoms with van der Waals surface area (Å²) in [4.78, 5) is 37.0. The highest BCUT2D eigenvalue weighted by molar-refractivity contribution is 6.04. The van der Waals surface area contributed by atoms with Gasteiger partial charge in [-0.3, -0.25) is 14.4 Å². The van der Waals surface area contributed by atoms with Crippen molar-refractivity contribution >= 4 is 17.5 Å². The Balaban J connectivity index is 1.86. The van der Waals surface area contributed by atoms with Crippen LogP contribution >= 0.6 is 0 Å². The molecule has 0 unspecified atom stereocenters. The van der Waals surface area contributed by atoms with Crippen molar-refractivity contribution in [3.05, 3.63) is 23.6 Å². The Kier molecular flexibility index (Phi) is 5.29. The van der Waals surface area contributed by atoms with Gasteiger partial charge in [-0.25, -0.2) is 8.78 Å². The highest BCUT2D eigenvalue weighted by Gasteiger charge is 2.73. The van der Waals surface area contributed by atoms with Gasteiger partial charge < -0.3 is 14.9 Å². The van der Waals surface area contributed by atoms with Crippen molar-refractivity contribution in [1.82, 2.24) is 0 Å². The van der Waals surface area contributed by atoms with Gasteiger partial charge in [-0.15, -0.1) is 0 Å². The van der Waals surface area contributed by atoms with Crippen LogP contribution in [0.25, 0.3) is 0 Å². The molecule has 0 bridgehead atoms. The standard InChI is InChI=1S/C24H30F2O6/c1-11-7-14-13-8-15(25)20-21(26)16(29)5-6-22(20,3)19(13)17(30)9-23(14,4)24(11,18(31)10-27)32-12(2)28/h5-6,11,13-15,17,19,27,30H,7-10H2,1-4H3/t11-,13+,14+,15+,17+,19-,22-,23+,24+/m1/s1. The minimum atomic E-state index is -1.71. The number of esters is 1. The number of halogens is 2. The van der Waals surface area contributed by atoms with Gasteiger partial charge in [0, 0.05) is 35.2 Å². The van der Waals surface area contributed by atoms with Crippen molar-refractivity contribution in [2.45, 2.75) is 64.8 Å².